The minimum atomic E-state index is -1.07. The molecular weight excluding hydrogens is 372 g/mol. The normalized spacial score (nSPS) is 16.4. The fourth-order valence-corrected chi connectivity index (χ4v) is 3.32. The molecule has 2 heterocycles. The fourth-order valence-electron chi connectivity index (χ4n) is 2.74. The number of amidine groups is 1. The van der Waals surface area contributed by atoms with Gasteiger partial charge in [0.2, 0.25) is 0 Å². The Bertz CT molecular complexity index is 991. The Morgan fingerprint density at radius 2 is 2.15 bits per heavy atom. The smallest absolute Gasteiger partial charge is 0.338 e. The Morgan fingerprint density at radius 3 is 2.78 bits per heavy atom. The first-order chi connectivity index (χ1) is 13.0. The van der Waals surface area contributed by atoms with Gasteiger partial charge in [-0.3, -0.25) is 4.99 Å². The molecule has 1 aliphatic heterocycles. The number of carbonyl (C=O) groups is 1. The SMILES string of the molecule is C#Cc1cc(F)c(F)cc1[C@H]1N=C(c2nccs2)NC(C)=C1C(=O)OCC. The van der Waals surface area contributed by atoms with Crippen LogP contribution in [0.4, 0.5) is 8.78 Å². The number of allylic oxidation sites excluding steroid dienone is 1. The van der Waals surface area contributed by atoms with Crippen LogP contribution < -0.4 is 5.32 Å². The quantitative estimate of drug-likeness (QED) is 0.646. The number of benzene rings is 1. The maximum Gasteiger partial charge on any atom is 0.338 e. The number of rotatable bonds is 4. The summed E-state index contributed by atoms with van der Waals surface area (Å²) in [4.78, 5) is 21.2. The topological polar surface area (TPSA) is 63.6 Å². The third kappa shape index (κ3) is 3.59. The summed E-state index contributed by atoms with van der Waals surface area (Å²) >= 11 is 1.35. The highest BCUT2D eigenvalue weighted by Gasteiger charge is 2.33. The van der Waals surface area contributed by atoms with Gasteiger partial charge in [0.15, 0.2) is 22.5 Å². The minimum absolute atomic E-state index is 0.109. The van der Waals surface area contributed by atoms with Crippen molar-refractivity contribution >= 4 is 23.1 Å². The van der Waals surface area contributed by atoms with Crippen molar-refractivity contribution in [2.24, 2.45) is 4.99 Å². The number of aliphatic imine (C=N–C) groups is 1. The van der Waals surface area contributed by atoms with E-state index in [1.165, 1.54) is 11.3 Å². The van der Waals surface area contributed by atoms with Gasteiger partial charge in [-0.25, -0.2) is 18.6 Å². The Labute approximate surface area is 158 Å². The maximum atomic E-state index is 13.9. The first-order valence-electron chi connectivity index (χ1n) is 8.04. The van der Waals surface area contributed by atoms with E-state index in [1.807, 2.05) is 0 Å². The van der Waals surface area contributed by atoms with Gasteiger partial charge in [0.25, 0.3) is 0 Å². The number of nitrogens with one attached hydrogen (secondary N) is 1. The van der Waals surface area contributed by atoms with E-state index in [2.05, 4.69) is 21.2 Å². The molecule has 138 valence electrons. The Morgan fingerprint density at radius 1 is 1.41 bits per heavy atom. The van der Waals surface area contributed by atoms with Gasteiger partial charge in [0, 0.05) is 28.4 Å². The molecule has 2 aromatic rings. The maximum absolute atomic E-state index is 13.9. The summed E-state index contributed by atoms with van der Waals surface area (Å²) in [6.45, 7) is 3.51. The molecule has 8 heteroatoms. The molecule has 0 radical (unpaired) electrons. The van der Waals surface area contributed by atoms with Crippen LogP contribution in [0.5, 0.6) is 0 Å². The largest absolute Gasteiger partial charge is 0.463 e. The third-order valence-corrected chi connectivity index (χ3v) is 4.69. The zero-order valence-electron chi connectivity index (χ0n) is 14.5. The monoisotopic (exact) mass is 387 g/mol. The van der Waals surface area contributed by atoms with E-state index < -0.39 is 23.6 Å². The first-order valence-corrected chi connectivity index (χ1v) is 8.92. The molecule has 1 atom stereocenters. The molecule has 0 bridgehead atoms. The van der Waals surface area contributed by atoms with Crippen molar-refractivity contribution in [2.75, 3.05) is 6.61 Å². The lowest BCUT2D eigenvalue weighted by atomic mass is 9.92. The van der Waals surface area contributed by atoms with Gasteiger partial charge in [-0.05, 0) is 26.0 Å². The number of esters is 1. The second-order valence-corrected chi connectivity index (χ2v) is 6.49. The molecule has 1 aliphatic rings. The van der Waals surface area contributed by atoms with E-state index in [0.717, 1.165) is 12.1 Å². The van der Waals surface area contributed by atoms with Crippen LogP contribution in [0.3, 0.4) is 0 Å². The van der Waals surface area contributed by atoms with Crippen LogP contribution in [0, 0.1) is 24.0 Å². The standard InChI is InChI=1S/C19H15F2N3O2S/c1-4-11-8-13(20)14(21)9-12(11)16-15(19(25)26-5-2)10(3)23-17(24-16)18-22-6-7-27-18/h1,6-9,16H,5H2,2-3H3,(H,23,24)/t16-/m1/s1. The number of nitrogens with zero attached hydrogens (tertiary/aromatic N) is 2. The third-order valence-electron chi connectivity index (χ3n) is 3.91. The summed E-state index contributed by atoms with van der Waals surface area (Å²) in [6.07, 6.45) is 7.09. The van der Waals surface area contributed by atoms with Crippen LogP contribution in [0.2, 0.25) is 0 Å². The van der Waals surface area contributed by atoms with Crippen molar-refractivity contribution in [2.45, 2.75) is 19.9 Å². The molecular formula is C19H15F2N3O2S. The van der Waals surface area contributed by atoms with Crippen LogP contribution in [0.1, 0.15) is 36.0 Å². The van der Waals surface area contributed by atoms with E-state index >= 15 is 0 Å². The number of aromatic nitrogens is 1. The molecule has 1 aromatic carbocycles. The number of halogens is 2. The summed E-state index contributed by atoms with van der Waals surface area (Å²) in [5.74, 6) is -0.00709. The molecule has 5 nitrogen and oxygen atoms in total. The lowest BCUT2D eigenvalue weighted by Gasteiger charge is -2.26. The summed E-state index contributed by atoms with van der Waals surface area (Å²) in [5.41, 5.74) is 0.970. The number of carbonyl (C=O) groups excluding carboxylic acids is 1. The minimum Gasteiger partial charge on any atom is -0.463 e. The highest BCUT2D eigenvalue weighted by atomic mass is 32.1. The van der Waals surface area contributed by atoms with Crippen LogP contribution in [-0.4, -0.2) is 23.4 Å². The molecule has 1 aromatic heterocycles. The van der Waals surface area contributed by atoms with Gasteiger partial charge >= 0.3 is 5.97 Å². The van der Waals surface area contributed by atoms with E-state index in [4.69, 9.17) is 11.2 Å². The summed E-state index contributed by atoms with van der Waals surface area (Å²) in [7, 11) is 0. The number of terminal acetylenes is 1. The highest BCUT2D eigenvalue weighted by molar-refractivity contribution is 7.11. The van der Waals surface area contributed by atoms with Crippen LogP contribution in [-0.2, 0) is 9.53 Å². The van der Waals surface area contributed by atoms with Gasteiger partial charge in [0.05, 0.1) is 12.2 Å². The van der Waals surface area contributed by atoms with Gasteiger partial charge < -0.3 is 10.1 Å². The molecule has 0 saturated carbocycles. The Hall–Kier alpha value is -3.05. The van der Waals surface area contributed by atoms with Gasteiger partial charge in [-0.15, -0.1) is 17.8 Å². The van der Waals surface area contributed by atoms with Crippen molar-refractivity contribution in [3.8, 4) is 12.3 Å². The molecule has 0 saturated heterocycles. The zero-order chi connectivity index (χ0) is 19.6. The summed E-state index contributed by atoms with van der Waals surface area (Å²) < 4.78 is 32.7. The molecule has 0 unspecified atom stereocenters. The number of hydrogen-bond acceptors (Lipinski definition) is 6. The predicted molar refractivity (Wildman–Crippen MR) is 98.2 cm³/mol. The zero-order valence-corrected chi connectivity index (χ0v) is 15.4. The van der Waals surface area contributed by atoms with Crippen LogP contribution in [0.15, 0.2) is 40.0 Å². The lowest BCUT2D eigenvalue weighted by Crippen LogP contribution is -2.33. The molecule has 1 N–H and O–H groups in total. The fraction of sp³-hybridized carbons (Fsp3) is 0.211. The van der Waals surface area contributed by atoms with Crippen LogP contribution in [0.25, 0.3) is 0 Å². The lowest BCUT2D eigenvalue weighted by molar-refractivity contribution is -0.138. The van der Waals surface area contributed by atoms with E-state index in [9.17, 15) is 13.6 Å². The first kappa shape index (κ1) is 18.7. The second-order valence-electron chi connectivity index (χ2n) is 5.60. The average molecular weight is 387 g/mol. The van der Waals surface area contributed by atoms with Gasteiger partial charge in [-0.2, -0.15) is 0 Å². The van der Waals surface area contributed by atoms with Crippen molar-refractivity contribution in [3.05, 3.63) is 62.7 Å². The van der Waals surface area contributed by atoms with Gasteiger partial charge in [-0.1, -0.05) is 5.92 Å². The van der Waals surface area contributed by atoms with Crippen molar-refractivity contribution < 1.29 is 18.3 Å². The summed E-state index contributed by atoms with van der Waals surface area (Å²) in [5, 5.41) is 5.40. The predicted octanol–water partition coefficient (Wildman–Crippen LogP) is 3.33. The van der Waals surface area contributed by atoms with Crippen LogP contribution >= 0.6 is 11.3 Å². The number of ether oxygens (including phenoxy) is 1. The van der Waals surface area contributed by atoms with Crippen molar-refractivity contribution in [3.63, 3.8) is 0 Å². The average Bonchev–Trinajstić information content (AvgIpc) is 3.17. The molecule has 3 rings (SSSR count). The number of thiazole rings is 1. The van der Waals surface area contributed by atoms with Gasteiger partial charge in [0.1, 0.15) is 6.04 Å². The Kier molecular flexibility index (Phi) is 5.33. The molecule has 0 fully saturated rings. The van der Waals surface area contributed by atoms with E-state index in [0.29, 0.717) is 16.5 Å². The van der Waals surface area contributed by atoms with E-state index in [-0.39, 0.29) is 23.3 Å². The molecule has 0 spiro atoms. The van der Waals surface area contributed by atoms with E-state index in [1.54, 1.807) is 25.4 Å². The van der Waals surface area contributed by atoms with Crippen molar-refractivity contribution in [1.82, 2.24) is 10.3 Å². The summed E-state index contributed by atoms with van der Waals surface area (Å²) in [6, 6.07) is 0.935. The molecule has 0 aliphatic carbocycles. The number of hydrogen-bond donors (Lipinski definition) is 1. The molecule has 0 amide bonds. The molecule has 27 heavy (non-hydrogen) atoms. The highest BCUT2D eigenvalue weighted by Crippen LogP contribution is 2.35. The van der Waals surface area contributed by atoms with Crippen molar-refractivity contribution in [1.29, 1.82) is 0 Å². The Balaban J connectivity index is 2.20. The second kappa shape index (κ2) is 7.68.